The molecule has 18 heavy (non-hydrogen) atoms. The lowest BCUT2D eigenvalue weighted by Gasteiger charge is -2.32. The quantitative estimate of drug-likeness (QED) is 0.484. The normalized spacial score (nSPS) is 26.3. The summed E-state index contributed by atoms with van der Waals surface area (Å²) >= 11 is 6.32. The van der Waals surface area contributed by atoms with E-state index in [1.165, 1.54) is 0 Å². The van der Waals surface area contributed by atoms with Crippen molar-refractivity contribution in [2.24, 2.45) is 10.9 Å². The predicted molar refractivity (Wildman–Crippen MR) is 78.3 cm³/mol. The summed E-state index contributed by atoms with van der Waals surface area (Å²) in [6.45, 7) is 5.60. The van der Waals surface area contributed by atoms with E-state index in [1.807, 2.05) is 44.1 Å². The average molecular weight is 271 g/mol. The molecule has 0 saturated carbocycles. The molecule has 3 atom stereocenters. The van der Waals surface area contributed by atoms with Crippen LogP contribution in [-0.4, -0.2) is 47.5 Å². The number of rotatable bonds is 4. The lowest BCUT2D eigenvalue weighted by Crippen LogP contribution is -2.36. The van der Waals surface area contributed by atoms with E-state index in [1.54, 1.807) is 20.2 Å². The maximum Gasteiger partial charge on any atom is 0.0852 e. The Kier molecular flexibility index (Phi) is 5.00. The van der Waals surface area contributed by atoms with E-state index < -0.39 is 5.60 Å². The molecule has 1 aliphatic rings. The molecule has 0 fully saturated rings. The second-order valence-electron chi connectivity index (χ2n) is 5.55. The van der Waals surface area contributed by atoms with Gasteiger partial charge in [0.25, 0.3) is 0 Å². The molecule has 0 heterocycles. The van der Waals surface area contributed by atoms with Crippen LogP contribution in [0, 0.1) is 5.92 Å². The van der Waals surface area contributed by atoms with Crippen molar-refractivity contribution in [2.75, 3.05) is 14.1 Å². The van der Waals surface area contributed by atoms with E-state index in [2.05, 4.69) is 4.99 Å². The number of hydrogen-bond acceptors (Lipinski definition) is 2. The number of aliphatic hydroxyl groups is 1. The van der Waals surface area contributed by atoms with Gasteiger partial charge in [0.15, 0.2) is 0 Å². The minimum absolute atomic E-state index is 0.0621. The van der Waals surface area contributed by atoms with Crippen molar-refractivity contribution >= 4 is 17.9 Å². The molecule has 1 N–H and O–H groups in total. The molecule has 4 heteroatoms. The summed E-state index contributed by atoms with van der Waals surface area (Å²) in [5.74, 6) is -0.0621. The lowest BCUT2D eigenvalue weighted by atomic mass is 9.83. The van der Waals surface area contributed by atoms with Crippen LogP contribution in [0.3, 0.4) is 0 Å². The first kappa shape index (κ1) is 15.3. The summed E-state index contributed by atoms with van der Waals surface area (Å²) in [5.41, 5.74) is 0.287. The van der Waals surface area contributed by atoms with Gasteiger partial charge in [0.05, 0.1) is 23.4 Å². The van der Waals surface area contributed by atoms with Gasteiger partial charge in [0.1, 0.15) is 0 Å². The fourth-order valence-electron chi connectivity index (χ4n) is 1.89. The molecular weight excluding hydrogens is 248 g/mol. The van der Waals surface area contributed by atoms with Gasteiger partial charge in [-0.1, -0.05) is 18.2 Å². The topological polar surface area (TPSA) is 35.8 Å². The molecule has 3 unspecified atom stereocenters. The SMILES string of the molecule is CC(N=CN(C)C)C1=CC(Cl)C(C(C)(C)O)C=C1. The van der Waals surface area contributed by atoms with E-state index in [9.17, 15) is 5.11 Å². The Morgan fingerprint density at radius 1 is 1.50 bits per heavy atom. The molecule has 0 saturated heterocycles. The number of halogens is 1. The van der Waals surface area contributed by atoms with Gasteiger partial charge in [0.2, 0.25) is 0 Å². The van der Waals surface area contributed by atoms with E-state index in [0.717, 1.165) is 5.57 Å². The highest BCUT2D eigenvalue weighted by atomic mass is 35.5. The highest BCUT2D eigenvalue weighted by Crippen LogP contribution is 2.31. The van der Waals surface area contributed by atoms with Crippen LogP contribution in [-0.2, 0) is 0 Å². The third-order valence-corrected chi connectivity index (χ3v) is 3.41. The van der Waals surface area contributed by atoms with Crippen LogP contribution in [0.5, 0.6) is 0 Å². The van der Waals surface area contributed by atoms with Gasteiger partial charge >= 0.3 is 0 Å². The van der Waals surface area contributed by atoms with Crippen molar-refractivity contribution in [1.82, 2.24) is 4.90 Å². The monoisotopic (exact) mass is 270 g/mol. The fourth-order valence-corrected chi connectivity index (χ4v) is 2.42. The second-order valence-corrected chi connectivity index (χ2v) is 6.06. The Bertz CT molecular complexity index is 366. The van der Waals surface area contributed by atoms with Crippen molar-refractivity contribution in [1.29, 1.82) is 0 Å². The molecule has 3 nitrogen and oxygen atoms in total. The molecule has 0 aliphatic heterocycles. The average Bonchev–Trinajstić information content (AvgIpc) is 2.23. The zero-order valence-electron chi connectivity index (χ0n) is 11.8. The van der Waals surface area contributed by atoms with Crippen molar-refractivity contribution in [3.63, 3.8) is 0 Å². The van der Waals surface area contributed by atoms with Crippen molar-refractivity contribution in [2.45, 2.75) is 37.8 Å². The Labute approximate surface area is 115 Å². The van der Waals surface area contributed by atoms with Crippen LogP contribution < -0.4 is 0 Å². The number of aliphatic imine (C=N–C) groups is 1. The highest BCUT2D eigenvalue weighted by Gasteiger charge is 2.32. The van der Waals surface area contributed by atoms with Gasteiger partial charge < -0.3 is 10.0 Å². The third-order valence-electron chi connectivity index (χ3n) is 3.01. The van der Waals surface area contributed by atoms with Crippen LogP contribution in [0.15, 0.2) is 28.8 Å². The van der Waals surface area contributed by atoms with E-state index >= 15 is 0 Å². The molecule has 1 rings (SSSR count). The molecule has 0 aromatic rings. The van der Waals surface area contributed by atoms with Gasteiger partial charge in [-0.25, -0.2) is 0 Å². The predicted octanol–water partition coefficient (Wildman–Crippen LogP) is 2.46. The van der Waals surface area contributed by atoms with Gasteiger partial charge in [-0.3, -0.25) is 4.99 Å². The second kappa shape index (κ2) is 5.89. The Morgan fingerprint density at radius 3 is 2.56 bits per heavy atom. The largest absolute Gasteiger partial charge is 0.390 e. The number of alkyl halides is 1. The number of hydrogen-bond donors (Lipinski definition) is 1. The van der Waals surface area contributed by atoms with Gasteiger partial charge in [-0.2, -0.15) is 0 Å². The van der Waals surface area contributed by atoms with Crippen LogP contribution in [0.25, 0.3) is 0 Å². The van der Waals surface area contributed by atoms with Crippen LogP contribution in [0.1, 0.15) is 20.8 Å². The molecule has 0 spiro atoms. The van der Waals surface area contributed by atoms with Crippen LogP contribution in [0.2, 0.25) is 0 Å². The maximum atomic E-state index is 10.0. The van der Waals surface area contributed by atoms with E-state index in [-0.39, 0.29) is 17.3 Å². The summed E-state index contributed by atoms with van der Waals surface area (Å²) in [5, 5.41) is 9.82. The standard InChI is InChI=1S/C14H23ClN2O/c1-10(16-9-17(4)5)11-6-7-12(13(15)8-11)14(2,3)18/h6-10,12-13,18H,1-5H3. The minimum atomic E-state index is -0.804. The van der Waals surface area contributed by atoms with E-state index in [4.69, 9.17) is 11.6 Å². The minimum Gasteiger partial charge on any atom is -0.390 e. The first-order chi connectivity index (χ1) is 8.21. The molecule has 0 aromatic heterocycles. The van der Waals surface area contributed by atoms with Gasteiger partial charge in [-0.05, 0) is 26.3 Å². The van der Waals surface area contributed by atoms with Crippen molar-refractivity contribution in [3.05, 3.63) is 23.8 Å². The smallest absolute Gasteiger partial charge is 0.0852 e. The molecular formula is C14H23ClN2O. The highest BCUT2D eigenvalue weighted by molar-refractivity contribution is 6.22. The zero-order valence-corrected chi connectivity index (χ0v) is 12.5. The van der Waals surface area contributed by atoms with Crippen LogP contribution in [0.4, 0.5) is 0 Å². The first-order valence-corrected chi connectivity index (χ1v) is 6.61. The van der Waals surface area contributed by atoms with Crippen LogP contribution >= 0.6 is 11.6 Å². The first-order valence-electron chi connectivity index (χ1n) is 6.18. The zero-order chi connectivity index (χ0) is 13.9. The third kappa shape index (κ3) is 4.14. The van der Waals surface area contributed by atoms with E-state index in [0.29, 0.717) is 0 Å². The molecule has 0 aromatic carbocycles. The molecule has 0 amide bonds. The van der Waals surface area contributed by atoms with Crippen molar-refractivity contribution < 1.29 is 5.11 Å². The van der Waals surface area contributed by atoms with Crippen molar-refractivity contribution in [3.8, 4) is 0 Å². The summed E-state index contributed by atoms with van der Waals surface area (Å²) in [6.07, 6.45) is 7.78. The summed E-state index contributed by atoms with van der Waals surface area (Å²) in [4.78, 5) is 6.33. The molecule has 102 valence electrons. The van der Waals surface area contributed by atoms with Gasteiger partial charge in [-0.15, -0.1) is 11.6 Å². The molecule has 0 bridgehead atoms. The summed E-state index contributed by atoms with van der Waals surface area (Å²) < 4.78 is 0. The fraction of sp³-hybridized carbons (Fsp3) is 0.643. The Balaban J connectivity index is 2.76. The molecule has 1 aliphatic carbocycles. The number of nitrogens with zero attached hydrogens (tertiary/aromatic N) is 2. The summed E-state index contributed by atoms with van der Waals surface area (Å²) in [7, 11) is 3.88. The number of allylic oxidation sites excluding steroid dienone is 1. The van der Waals surface area contributed by atoms with Gasteiger partial charge in [0, 0.05) is 20.0 Å². The summed E-state index contributed by atoms with van der Waals surface area (Å²) in [6, 6.07) is 0.0765. The molecule has 0 radical (unpaired) electrons. The lowest BCUT2D eigenvalue weighted by molar-refractivity contribution is 0.0389. The Hall–Kier alpha value is -0.800. The Morgan fingerprint density at radius 2 is 2.11 bits per heavy atom. The maximum absolute atomic E-state index is 10.0.